The Morgan fingerprint density at radius 2 is 1.91 bits per heavy atom. The Hall–Kier alpha value is -2.34. The normalized spacial score (nSPS) is 10.4. The summed E-state index contributed by atoms with van der Waals surface area (Å²) in [4.78, 5) is 23.0. The van der Waals surface area contributed by atoms with Gasteiger partial charge in [-0.1, -0.05) is 11.6 Å². The van der Waals surface area contributed by atoms with Crippen LogP contribution < -0.4 is 5.32 Å². The molecule has 0 aliphatic heterocycles. The van der Waals surface area contributed by atoms with Crippen LogP contribution in [0, 0.1) is 13.8 Å². The quantitative estimate of drug-likeness (QED) is 0.852. The molecule has 1 aromatic heterocycles. The van der Waals surface area contributed by atoms with Crippen molar-refractivity contribution >= 4 is 23.5 Å². The Morgan fingerprint density at radius 1 is 1.26 bits per heavy atom. The Balaban J connectivity index is 2.05. The highest BCUT2D eigenvalue weighted by Gasteiger charge is 2.12. The number of aromatic nitrogens is 2. The van der Waals surface area contributed by atoms with Gasteiger partial charge in [-0.15, -0.1) is 0 Å². The van der Waals surface area contributed by atoms with Gasteiger partial charge in [0.15, 0.2) is 0 Å². The summed E-state index contributed by atoms with van der Waals surface area (Å²) in [6, 6.07) is 7.00. The number of benzene rings is 1. The average Bonchev–Trinajstić information content (AvgIpc) is 2.82. The molecule has 0 aliphatic carbocycles. The summed E-state index contributed by atoms with van der Waals surface area (Å²) in [6.45, 7) is 3.96. The van der Waals surface area contributed by atoms with Gasteiger partial charge < -0.3 is 10.1 Å². The Labute approximate surface area is 139 Å². The number of halogens is 1. The predicted octanol–water partition coefficient (Wildman–Crippen LogP) is 2.44. The van der Waals surface area contributed by atoms with Gasteiger partial charge in [0.2, 0.25) is 0 Å². The van der Waals surface area contributed by atoms with E-state index in [-0.39, 0.29) is 24.8 Å². The number of esters is 1. The van der Waals surface area contributed by atoms with Crippen molar-refractivity contribution in [2.45, 2.75) is 20.3 Å². The van der Waals surface area contributed by atoms with Gasteiger partial charge in [0, 0.05) is 12.1 Å². The molecule has 0 radical (unpaired) electrons. The van der Waals surface area contributed by atoms with E-state index < -0.39 is 0 Å². The number of aryl methyl sites for hydroxylation is 1. The summed E-state index contributed by atoms with van der Waals surface area (Å²) in [6.07, 6.45) is 0.143. The number of carbonyl (C=O) groups is 2. The van der Waals surface area contributed by atoms with Gasteiger partial charge in [0.1, 0.15) is 0 Å². The van der Waals surface area contributed by atoms with E-state index >= 15 is 0 Å². The summed E-state index contributed by atoms with van der Waals surface area (Å²) in [5, 5.41) is 7.66. The Kier molecular flexibility index (Phi) is 5.39. The highest BCUT2D eigenvalue weighted by molar-refractivity contribution is 6.31. The van der Waals surface area contributed by atoms with E-state index in [0.717, 1.165) is 17.1 Å². The minimum atomic E-state index is -0.359. The molecule has 6 nitrogen and oxygen atoms in total. The molecule has 7 heteroatoms. The van der Waals surface area contributed by atoms with Crippen LogP contribution in [0.1, 0.15) is 28.2 Å². The third kappa shape index (κ3) is 3.90. The van der Waals surface area contributed by atoms with E-state index in [9.17, 15) is 9.59 Å². The summed E-state index contributed by atoms with van der Waals surface area (Å²) >= 11 is 6.14. The maximum Gasteiger partial charge on any atom is 0.307 e. The van der Waals surface area contributed by atoms with Crippen LogP contribution >= 0.6 is 11.6 Å². The first-order valence-corrected chi connectivity index (χ1v) is 7.49. The van der Waals surface area contributed by atoms with E-state index in [1.807, 2.05) is 13.8 Å². The zero-order valence-electron chi connectivity index (χ0n) is 13.2. The fourth-order valence-corrected chi connectivity index (χ4v) is 2.23. The first-order valence-electron chi connectivity index (χ1n) is 7.11. The molecule has 122 valence electrons. The van der Waals surface area contributed by atoms with E-state index in [2.05, 4.69) is 15.2 Å². The molecular formula is C16H18ClN3O3. The summed E-state index contributed by atoms with van der Waals surface area (Å²) in [5.41, 5.74) is 2.93. The lowest BCUT2D eigenvalue weighted by Crippen LogP contribution is -2.26. The number of rotatable bonds is 5. The maximum atomic E-state index is 12.0. The zero-order valence-corrected chi connectivity index (χ0v) is 14.0. The van der Waals surface area contributed by atoms with Crippen LogP contribution in [0.15, 0.2) is 24.3 Å². The molecule has 23 heavy (non-hydrogen) atoms. The maximum absolute atomic E-state index is 12.0. The van der Waals surface area contributed by atoms with Crippen LogP contribution in [0.4, 0.5) is 0 Å². The number of amides is 1. The monoisotopic (exact) mass is 335 g/mol. The first kappa shape index (κ1) is 17.0. The van der Waals surface area contributed by atoms with Crippen molar-refractivity contribution in [2.75, 3.05) is 13.7 Å². The number of ether oxygens (including phenoxy) is 1. The molecular weight excluding hydrogens is 318 g/mol. The van der Waals surface area contributed by atoms with Crippen molar-refractivity contribution in [1.82, 2.24) is 15.1 Å². The predicted molar refractivity (Wildman–Crippen MR) is 87.0 cm³/mol. The first-order chi connectivity index (χ1) is 10.9. The lowest BCUT2D eigenvalue weighted by Gasteiger charge is -2.07. The smallest absolute Gasteiger partial charge is 0.307 e. The van der Waals surface area contributed by atoms with Crippen LogP contribution in [0.2, 0.25) is 5.02 Å². The van der Waals surface area contributed by atoms with Crippen molar-refractivity contribution in [3.05, 3.63) is 46.2 Å². The van der Waals surface area contributed by atoms with Crippen molar-refractivity contribution in [3.63, 3.8) is 0 Å². The molecule has 1 aromatic carbocycles. The molecule has 0 saturated carbocycles. The third-order valence-corrected chi connectivity index (χ3v) is 3.97. The largest absolute Gasteiger partial charge is 0.469 e. The second-order valence-electron chi connectivity index (χ2n) is 5.03. The van der Waals surface area contributed by atoms with Crippen LogP contribution in [-0.2, 0) is 9.53 Å². The van der Waals surface area contributed by atoms with E-state index in [0.29, 0.717) is 10.6 Å². The van der Waals surface area contributed by atoms with Gasteiger partial charge in [-0.25, -0.2) is 4.68 Å². The van der Waals surface area contributed by atoms with Gasteiger partial charge in [-0.2, -0.15) is 5.10 Å². The van der Waals surface area contributed by atoms with Gasteiger partial charge >= 0.3 is 5.97 Å². The highest BCUT2D eigenvalue weighted by atomic mass is 35.5. The van der Waals surface area contributed by atoms with Crippen molar-refractivity contribution in [3.8, 4) is 5.69 Å². The average molecular weight is 336 g/mol. The fraction of sp³-hybridized carbons (Fsp3) is 0.312. The number of carbonyl (C=O) groups excluding carboxylic acids is 2. The molecule has 0 fully saturated rings. The zero-order chi connectivity index (χ0) is 17.0. The number of nitrogens with zero attached hydrogens (tertiary/aromatic N) is 2. The van der Waals surface area contributed by atoms with Crippen LogP contribution in [0.5, 0.6) is 0 Å². The third-order valence-electron chi connectivity index (χ3n) is 3.42. The molecule has 0 aliphatic rings. The molecule has 1 amide bonds. The Bertz CT molecular complexity index is 723. The molecule has 0 saturated heterocycles. The van der Waals surface area contributed by atoms with Crippen molar-refractivity contribution < 1.29 is 14.3 Å². The number of methoxy groups -OCH3 is 1. The standard InChI is InChI=1S/C16H18ClN3O3/c1-10-15(17)11(2)20(19-10)13-6-4-12(5-7-13)16(22)18-9-8-14(21)23-3/h4-7H,8-9H2,1-3H3,(H,18,22). The van der Waals surface area contributed by atoms with Crippen molar-refractivity contribution in [1.29, 1.82) is 0 Å². The fourth-order valence-electron chi connectivity index (χ4n) is 2.11. The van der Waals surface area contributed by atoms with E-state index in [4.69, 9.17) is 11.6 Å². The SMILES string of the molecule is COC(=O)CCNC(=O)c1ccc(-n2nc(C)c(Cl)c2C)cc1. The van der Waals surface area contributed by atoms with Gasteiger partial charge in [0.05, 0.1) is 35.6 Å². The lowest BCUT2D eigenvalue weighted by molar-refractivity contribution is -0.140. The topological polar surface area (TPSA) is 73.2 Å². The van der Waals surface area contributed by atoms with Gasteiger partial charge in [-0.3, -0.25) is 9.59 Å². The Morgan fingerprint density at radius 3 is 2.43 bits per heavy atom. The second-order valence-corrected chi connectivity index (χ2v) is 5.40. The van der Waals surface area contributed by atoms with E-state index in [1.54, 1.807) is 28.9 Å². The molecule has 1 N–H and O–H groups in total. The van der Waals surface area contributed by atoms with Crippen molar-refractivity contribution in [2.24, 2.45) is 0 Å². The van der Waals surface area contributed by atoms with Crippen LogP contribution in [0.3, 0.4) is 0 Å². The molecule has 2 rings (SSSR count). The molecule has 0 bridgehead atoms. The molecule has 2 aromatic rings. The molecule has 0 spiro atoms. The van der Waals surface area contributed by atoms with Crippen LogP contribution in [-0.4, -0.2) is 35.3 Å². The summed E-state index contributed by atoms with van der Waals surface area (Å²) in [5.74, 6) is -0.603. The lowest BCUT2D eigenvalue weighted by atomic mass is 10.2. The minimum absolute atomic E-state index is 0.143. The minimum Gasteiger partial charge on any atom is -0.469 e. The van der Waals surface area contributed by atoms with Crippen LogP contribution in [0.25, 0.3) is 5.69 Å². The van der Waals surface area contributed by atoms with Gasteiger partial charge in [0.25, 0.3) is 5.91 Å². The van der Waals surface area contributed by atoms with E-state index in [1.165, 1.54) is 7.11 Å². The molecule has 0 unspecified atom stereocenters. The molecule has 1 heterocycles. The number of nitrogens with one attached hydrogen (secondary N) is 1. The van der Waals surface area contributed by atoms with Gasteiger partial charge in [-0.05, 0) is 38.1 Å². The second kappa shape index (κ2) is 7.28. The highest BCUT2D eigenvalue weighted by Crippen LogP contribution is 2.22. The summed E-state index contributed by atoms with van der Waals surface area (Å²) in [7, 11) is 1.31. The number of hydrogen-bond acceptors (Lipinski definition) is 4. The molecule has 0 atom stereocenters. The number of hydrogen-bond donors (Lipinski definition) is 1. The summed E-state index contributed by atoms with van der Waals surface area (Å²) < 4.78 is 6.25.